The summed E-state index contributed by atoms with van der Waals surface area (Å²) in [5.74, 6) is 0.170. The molecule has 1 fully saturated rings. The predicted octanol–water partition coefficient (Wildman–Crippen LogP) is 2.49. The highest BCUT2D eigenvalue weighted by atomic mass is 32.1. The molecule has 2 nitrogen and oxygen atoms in total. The van der Waals surface area contributed by atoms with Crippen molar-refractivity contribution in [3.8, 4) is 0 Å². The first kappa shape index (κ1) is 8.51. The van der Waals surface area contributed by atoms with Crippen molar-refractivity contribution in [2.45, 2.75) is 12.3 Å². The predicted molar refractivity (Wildman–Crippen MR) is 51.9 cm³/mol. The summed E-state index contributed by atoms with van der Waals surface area (Å²) in [5.41, 5.74) is 1.35. The third kappa shape index (κ3) is 1.98. The van der Waals surface area contributed by atoms with Crippen LogP contribution in [0.5, 0.6) is 0 Å². The smallest absolute Gasteiger partial charge is 0.327 e. The standard InChI is InChI=1S/C10H10O2S/c11-10(12)2-1-7-5-9(7)8-3-4-13-6-8/h1-4,6-7,9H,5H2,(H,11,12)/b2-1+/t7-,9-/m1/s1. The van der Waals surface area contributed by atoms with Crippen LogP contribution in [0.4, 0.5) is 0 Å². The first-order chi connectivity index (χ1) is 6.27. The largest absolute Gasteiger partial charge is 0.478 e. The van der Waals surface area contributed by atoms with Gasteiger partial charge in [-0.05, 0) is 40.6 Å². The van der Waals surface area contributed by atoms with Gasteiger partial charge < -0.3 is 5.11 Å². The fourth-order valence-corrected chi connectivity index (χ4v) is 2.23. The number of carbonyl (C=O) groups is 1. The number of aliphatic carboxylic acids is 1. The van der Waals surface area contributed by atoms with Gasteiger partial charge in [0.05, 0.1) is 0 Å². The van der Waals surface area contributed by atoms with E-state index >= 15 is 0 Å². The van der Waals surface area contributed by atoms with Crippen molar-refractivity contribution in [2.75, 3.05) is 0 Å². The van der Waals surface area contributed by atoms with E-state index in [0.717, 1.165) is 6.42 Å². The van der Waals surface area contributed by atoms with Gasteiger partial charge in [0, 0.05) is 6.08 Å². The van der Waals surface area contributed by atoms with Gasteiger partial charge >= 0.3 is 5.97 Å². The van der Waals surface area contributed by atoms with Crippen LogP contribution in [0, 0.1) is 5.92 Å². The zero-order valence-corrected chi connectivity index (χ0v) is 7.83. The van der Waals surface area contributed by atoms with Crippen LogP contribution in [0.3, 0.4) is 0 Å². The molecule has 0 aliphatic heterocycles. The van der Waals surface area contributed by atoms with Gasteiger partial charge in [0.2, 0.25) is 0 Å². The molecule has 0 radical (unpaired) electrons. The van der Waals surface area contributed by atoms with Crippen LogP contribution in [0.1, 0.15) is 17.9 Å². The Hall–Kier alpha value is -1.09. The van der Waals surface area contributed by atoms with Crippen LogP contribution in [-0.2, 0) is 4.79 Å². The Morgan fingerprint density at radius 2 is 2.54 bits per heavy atom. The Kier molecular flexibility index (Phi) is 2.19. The molecule has 1 aromatic heterocycles. The summed E-state index contributed by atoms with van der Waals surface area (Å²) in [6.07, 6.45) is 4.14. The van der Waals surface area contributed by atoms with E-state index in [1.807, 2.05) is 0 Å². The summed E-state index contributed by atoms with van der Waals surface area (Å²) in [6.45, 7) is 0. The fourth-order valence-electron chi connectivity index (χ4n) is 1.50. The quantitative estimate of drug-likeness (QED) is 0.750. The second-order valence-electron chi connectivity index (χ2n) is 3.26. The zero-order chi connectivity index (χ0) is 9.26. The minimum atomic E-state index is -0.851. The van der Waals surface area contributed by atoms with Crippen LogP contribution < -0.4 is 0 Å². The molecule has 1 aliphatic carbocycles. The summed E-state index contributed by atoms with van der Waals surface area (Å²) in [5, 5.41) is 12.6. The molecule has 0 saturated heterocycles. The minimum Gasteiger partial charge on any atom is -0.478 e. The van der Waals surface area contributed by atoms with E-state index in [2.05, 4.69) is 16.8 Å². The van der Waals surface area contributed by atoms with Gasteiger partial charge in [-0.25, -0.2) is 4.79 Å². The van der Waals surface area contributed by atoms with E-state index in [4.69, 9.17) is 5.11 Å². The molecule has 3 heteroatoms. The van der Waals surface area contributed by atoms with Gasteiger partial charge in [-0.3, -0.25) is 0 Å². The van der Waals surface area contributed by atoms with Crippen molar-refractivity contribution >= 4 is 17.3 Å². The molecular formula is C10H10O2S. The van der Waals surface area contributed by atoms with E-state index in [9.17, 15) is 4.79 Å². The lowest BCUT2D eigenvalue weighted by atomic mass is 10.2. The Bertz CT molecular complexity index is 327. The van der Waals surface area contributed by atoms with Crippen molar-refractivity contribution in [3.63, 3.8) is 0 Å². The van der Waals surface area contributed by atoms with E-state index in [0.29, 0.717) is 11.8 Å². The topological polar surface area (TPSA) is 37.3 Å². The van der Waals surface area contributed by atoms with Crippen LogP contribution >= 0.6 is 11.3 Å². The molecule has 0 spiro atoms. The molecule has 1 heterocycles. The van der Waals surface area contributed by atoms with E-state index < -0.39 is 5.97 Å². The molecule has 0 bridgehead atoms. The molecule has 13 heavy (non-hydrogen) atoms. The Morgan fingerprint density at radius 3 is 3.15 bits per heavy atom. The average Bonchev–Trinajstić information content (AvgIpc) is 2.66. The minimum absolute atomic E-state index is 0.450. The number of hydrogen-bond acceptors (Lipinski definition) is 2. The number of allylic oxidation sites excluding steroid dienone is 1. The number of carboxylic acids is 1. The maximum Gasteiger partial charge on any atom is 0.327 e. The van der Waals surface area contributed by atoms with Gasteiger partial charge in [0.25, 0.3) is 0 Å². The summed E-state index contributed by atoms with van der Waals surface area (Å²) in [7, 11) is 0. The van der Waals surface area contributed by atoms with Gasteiger partial charge in [-0.15, -0.1) is 0 Å². The van der Waals surface area contributed by atoms with E-state index in [1.165, 1.54) is 11.6 Å². The molecule has 1 aromatic rings. The first-order valence-electron chi connectivity index (χ1n) is 4.20. The maximum absolute atomic E-state index is 10.2. The molecule has 1 N–H and O–H groups in total. The highest BCUT2D eigenvalue weighted by Crippen LogP contribution is 2.48. The van der Waals surface area contributed by atoms with E-state index in [1.54, 1.807) is 17.4 Å². The third-order valence-corrected chi connectivity index (χ3v) is 3.00. The Morgan fingerprint density at radius 1 is 1.69 bits per heavy atom. The third-order valence-electron chi connectivity index (χ3n) is 2.30. The molecule has 0 amide bonds. The highest BCUT2D eigenvalue weighted by molar-refractivity contribution is 7.08. The Balaban J connectivity index is 1.93. The number of rotatable bonds is 3. The molecule has 68 valence electrons. The monoisotopic (exact) mass is 194 g/mol. The van der Waals surface area contributed by atoms with Crippen LogP contribution in [0.2, 0.25) is 0 Å². The average molecular weight is 194 g/mol. The van der Waals surface area contributed by atoms with Crippen LogP contribution in [-0.4, -0.2) is 11.1 Å². The molecule has 0 aromatic carbocycles. The Labute approximate surface area is 80.5 Å². The lowest BCUT2D eigenvalue weighted by Gasteiger charge is -1.89. The molecule has 2 atom stereocenters. The first-order valence-corrected chi connectivity index (χ1v) is 5.15. The second kappa shape index (κ2) is 3.34. The molecule has 0 unspecified atom stereocenters. The summed E-state index contributed by atoms with van der Waals surface area (Å²) < 4.78 is 0. The van der Waals surface area contributed by atoms with Crippen molar-refractivity contribution < 1.29 is 9.90 Å². The second-order valence-corrected chi connectivity index (χ2v) is 4.04. The zero-order valence-electron chi connectivity index (χ0n) is 7.01. The number of thiophene rings is 1. The molecule has 2 rings (SSSR count). The number of hydrogen-bond donors (Lipinski definition) is 1. The molecule has 1 aliphatic rings. The fraction of sp³-hybridized carbons (Fsp3) is 0.300. The summed E-state index contributed by atoms with van der Waals surface area (Å²) in [4.78, 5) is 10.2. The molecular weight excluding hydrogens is 184 g/mol. The van der Waals surface area contributed by atoms with Crippen LogP contribution in [0.15, 0.2) is 29.0 Å². The highest BCUT2D eigenvalue weighted by Gasteiger charge is 2.36. The van der Waals surface area contributed by atoms with E-state index in [-0.39, 0.29) is 0 Å². The van der Waals surface area contributed by atoms with Gasteiger partial charge in [-0.1, -0.05) is 6.08 Å². The van der Waals surface area contributed by atoms with Crippen molar-refractivity contribution in [1.29, 1.82) is 0 Å². The van der Waals surface area contributed by atoms with Gasteiger partial charge in [0.1, 0.15) is 0 Å². The lowest BCUT2D eigenvalue weighted by Crippen LogP contribution is -1.86. The SMILES string of the molecule is O=C(O)/C=C/[C@@H]1C[C@H]1c1ccsc1. The van der Waals surface area contributed by atoms with Crippen molar-refractivity contribution in [2.24, 2.45) is 5.92 Å². The maximum atomic E-state index is 10.2. The van der Waals surface area contributed by atoms with Crippen molar-refractivity contribution in [3.05, 3.63) is 34.5 Å². The summed E-state index contributed by atoms with van der Waals surface area (Å²) in [6, 6.07) is 2.12. The lowest BCUT2D eigenvalue weighted by molar-refractivity contribution is -0.131. The number of carboxylic acid groups (broad SMARTS) is 1. The molecule has 1 saturated carbocycles. The van der Waals surface area contributed by atoms with Gasteiger partial charge in [0.15, 0.2) is 0 Å². The van der Waals surface area contributed by atoms with Crippen LogP contribution in [0.25, 0.3) is 0 Å². The van der Waals surface area contributed by atoms with Crippen molar-refractivity contribution in [1.82, 2.24) is 0 Å². The summed E-state index contributed by atoms with van der Waals surface area (Å²) >= 11 is 1.69. The normalized spacial score (nSPS) is 26.5. The van der Waals surface area contributed by atoms with Gasteiger partial charge in [-0.2, -0.15) is 11.3 Å².